The Balaban J connectivity index is 2.50. The number of aromatic nitrogens is 2. The van der Waals surface area contributed by atoms with Gasteiger partial charge in [0.1, 0.15) is 5.69 Å². The topological polar surface area (TPSA) is 39.1 Å². The predicted molar refractivity (Wildman–Crippen MR) is 89.2 cm³/mol. The lowest BCUT2D eigenvalue weighted by molar-refractivity contribution is 0.396. The molecule has 2 rings (SSSR count). The first-order chi connectivity index (χ1) is 9.58. The van der Waals surface area contributed by atoms with Gasteiger partial charge in [-0.15, -0.1) is 0 Å². The molecule has 0 saturated carbocycles. The summed E-state index contributed by atoms with van der Waals surface area (Å²) < 4.78 is 8.72. The van der Waals surface area contributed by atoms with E-state index in [0.717, 1.165) is 11.4 Å². The molecule has 1 aromatic carbocycles. The van der Waals surface area contributed by atoms with Crippen LogP contribution in [0, 0.1) is 3.57 Å². The van der Waals surface area contributed by atoms with E-state index in [1.165, 1.54) is 9.13 Å². The lowest BCUT2D eigenvalue weighted by Gasteiger charge is -2.21. The fourth-order valence-electron chi connectivity index (χ4n) is 2.32. The van der Waals surface area contributed by atoms with Gasteiger partial charge in [-0.25, -0.2) is 0 Å². The summed E-state index contributed by atoms with van der Waals surface area (Å²) in [6.45, 7) is 4.24. The van der Waals surface area contributed by atoms with E-state index in [2.05, 4.69) is 71.1 Å². The SMILES string of the molecule is CNC(c1ccc(I)cc1)c1c(OC)cnn1C(C)C. The van der Waals surface area contributed by atoms with E-state index in [9.17, 15) is 0 Å². The van der Waals surface area contributed by atoms with Gasteiger partial charge < -0.3 is 10.1 Å². The molecule has 0 aliphatic heterocycles. The van der Waals surface area contributed by atoms with Crippen molar-refractivity contribution in [3.8, 4) is 5.75 Å². The van der Waals surface area contributed by atoms with Crippen molar-refractivity contribution in [2.24, 2.45) is 0 Å². The Morgan fingerprint density at radius 3 is 2.40 bits per heavy atom. The minimum absolute atomic E-state index is 0.0619. The van der Waals surface area contributed by atoms with Crippen molar-refractivity contribution < 1.29 is 4.74 Å². The van der Waals surface area contributed by atoms with Gasteiger partial charge in [-0.2, -0.15) is 5.10 Å². The molecule has 1 N–H and O–H groups in total. The van der Waals surface area contributed by atoms with Crippen LogP contribution in [0.5, 0.6) is 5.75 Å². The Kier molecular flexibility index (Phi) is 5.04. The Bertz CT molecular complexity index is 563. The molecule has 0 fully saturated rings. The highest BCUT2D eigenvalue weighted by atomic mass is 127. The Morgan fingerprint density at radius 1 is 1.25 bits per heavy atom. The van der Waals surface area contributed by atoms with Crippen molar-refractivity contribution in [2.75, 3.05) is 14.2 Å². The van der Waals surface area contributed by atoms with Crippen molar-refractivity contribution in [3.63, 3.8) is 0 Å². The van der Waals surface area contributed by atoms with Crippen LogP contribution in [-0.4, -0.2) is 23.9 Å². The molecule has 4 nitrogen and oxygen atoms in total. The van der Waals surface area contributed by atoms with E-state index in [4.69, 9.17) is 4.74 Å². The summed E-state index contributed by atoms with van der Waals surface area (Å²) in [4.78, 5) is 0. The molecule has 1 heterocycles. The molecule has 2 aromatic rings. The average molecular weight is 385 g/mol. The first-order valence-electron chi connectivity index (χ1n) is 6.62. The van der Waals surface area contributed by atoms with Gasteiger partial charge in [0.2, 0.25) is 0 Å². The van der Waals surface area contributed by atoms with Gasteiger partial charge in [0.05, 0.1) is 19.3 Å². The van der Waals surface area contributed by atoms with Crippen LogP contribution in [0.15, 0.2) is 30.5 Å². The number of benzene rings is 1. The van der Waals surface area contributed by atoms with Gasteiger partial charge in [-0.1, -0.05) is 12.1 Å². The van der Waals surface area contributed by atoms with Crippen molar-refractivity contribution >= 4 is 22.6 Å². The summed E-state index contributed by atoms with van der Waals surface area (Å²) in [6, 6.07) is 8.85. The first kappa shape index (κ1) is 15.3. The third-order valence-electron chi connectivity index (χ3n) is 3.27. The average Bonchev–Trinajstić information content (AvgIpc) is 2.86. The lowest BCUT2D eigenvalue weighted by Crippen LogP contribution is -2.23. The lowest BCUT2D eigenvalue weighted by atomic mass is 10.0. The van der Waals surface area contributed by atoms with Crippen LogP contribution < -0.4 is 10.1 Å². The van der Waals surface area contributed by atoms with E-state index in [1.54, 1.807) is 13.3 Å². The molecule has 0 amide bonds. The molecule has 0 bridgehead atoms. The molecular formula is C15H20IN3O. The number of hydrogen-bond acceptors (Lipinski definition) is 3. The zero-order valence-corrected chi connectivity index (χ0v) is 14.4. The fraction of sp³-hybridized carbons (Fsp3) is 0.400. The van der Waals surface area contributed by atoms with Gasteiger partial charge in [0, 0.05) is 9.61 Å². The number of halogens is 1. The second-order valence-corrected chi connectivity index (χ2v) is 6.16. The molecule has 0 aliphatic rings. The number of rotatable bonds is 5. The van der Waals surface area contributed by atoms with Crippen LogP contribution in [0.4, 0.5) is 0 Å². The standard InChI is InChI=1S/C15H20IN3O/c1-10(2)19-15(13(20-4)9-18-19)14(17-3)11-5-7-12(16)8-6-11/h5-10,14,17H,1-4H3. The smallest absolute Gasteiger partial charge is 0.161 e. The summed E-state index contributed by atoms with van der Waals surface area (Å²) in [6.07, 6.45) is 1.78. The van der Waals surface area contributed by atoms with Crippen LogP contribution in [-0.2, 0) is 0 Å². The summed E-state index contributed by atoms with van der Waals surface area (Å²) in [5.41, 5.74) is 2.26. The summed E-state index contributed by atoms with van der Waals surface area (Å²) in [5.74, 6) is 0.816. The summed E-state index contributed by atoms with van der Waals surface area (Å²) >= 11 is 2.31. The maximum atomic E-state index is 5.48. The quantitative estimate of drug-likeness (QED) is 0.803. The highest BCUT2D eigenvalue weighted by Gasteiger charge is 2.23. The molecule has 0 radical (unpaired) electrons. The van der Waals surface area contributed by atoms with Crippen molar-refractivity contribution in [3.05, 3.63) is 45.3 Å². The molecule has 0 spiro atoms. The molecule has 1 aromatic heterocycles. The Hall–Kier alpha value is -1.08. The number of methoxy groups -OCH3 is 1. The van der Waals surface area contributed by atoms with Gasteiger partial charge in [-0.05, 0) is 61.2 Å². The number of hydrogen-bond donors (Lipinski definition) is 1. The number of ether oxygens (including phenoxy) is 1. The fourth-order valence-corrected chi connectivity index (χ4v) is 2.68. The molecule has 1 atom stereocenters. The third-order valence-corrected chi connectivity index (χ3v) is 3.99. The van der Waals surface area contributed by atoms with E-state index in [1.807, 2.05) is 11.7 Å². The maximum absolute atomic E-state index is 5.48. The highest BCUT2D eigenvalue weighted by molar-refractivity contribution is 14.1. The second kappa shape index (κ2) is 6.58. The minimum Gasteiger partial charge on any atom is -0.493 e. The normalized spacial score (nSPS) is 12.7. The van der Waals surface area contributed by atoms with Crippen LogP contribution in [0.3, 0.4) is 0 Å². The molecule has 108 valence electrons. The number of nitrogens with zero attached hydrogens (tertiary/aromatic N) is 2. The van der Waals surface area contributed by atoms with Crippen molar-refractivity contribution in [1.82, 2.24) is 15.1 Å². The van der Waals surface area contributed by atoms with Crippen LogP contribution in [0.25, 0.3) is 0 Å². The zero-order chi connectivity index (χ0) is 14.7. The highest BCUT2D eigenvalue weighted by Crippen LogP contribution is 2.31. The zero-order valence-electron chi connectivity index (χ0n) is 12.2. The minimum atomic E-state index is 0.0619. The molecule has 0 aliphatic carbocycles. The molecule has 1 unspecified atom stereocenters. The van der Waals surface area contributed by atoms with E-state index in [-0.39, 0.29) is 12.1 Å². The van der Waals surface area contributed by atoms with Crippen molar-refractivity contribution in [1.29, 1.82) is 0 Å². The van der Waals surface area contributed by atoms with Gasteiger partial charge >= 0.3 is 0 Å². The van der Waals surface area contributed by atoms with Gasteiger partial charge in [-0.3, -0.25) is 4.68 Å². The Labute approximate surface area is 133 Å². The molecule has 20 heavy (non-hydrogen) atoms. The van der Waals surface area contributed by atoms with Crippen molar-refractivity contribution in [2.45, 2.75) is 25.9 Å². The first-order valence-corrected chi connectivity index (χ1v) is 7.70. The van der Waals surface area contributed by atoms with E-state index in [0.29, 0.717) is 0 Å². The van der Waals surface area contributed by atoms with Crippen LogP contribution in [0.2, 0.25) is 0 Å². The molecule has 5 heteroatoms. The van der Waals surface area contributed by atoms with E-state index >= 15 is 0 Å². The summed E-state index contributed by atoms with van der Waals surface area (Å²) in [7, 11) is 3.64. The predicted octanol–water partition coefficient (Wildman–Crippen LogP) is 3.39. The molecular weight excluding hydrogens is 365 g/mol. The maximum Gasteiger partial charge on any atom is 0.161 e. The Morgan fingerprint density at radius 2 is 1.90 bits per heavy atom. The third kappa shape index (κ3) is 2.98. The van der Waals surface area contributed by atoms with Crippen LogP contribution >= 0.6 is 22.6 Å². The van der Waals surface area contributed by atoms with Gasteiger partial charge in [0.15, 0.2) is 5.75 Å². The number of nitrogens with one attached hydrogen (secondary N) is 1. The molecule has 0 saturated heterocycles. The summed E-state index contributed by atoms with van der Waals surface area (Å²) in [5, 5.41) is 7.82. The second-order valence-electron chi connectivity index (χ2n) is 4.91. The largest absolute Gasteiger partial charge is 0.493 e. The van der Waals surface area contributed by atoms with Gasteiger partial charge in [0.25, 0.3) is 0 Å². The van der Waals surface area contributed by atoms with Crippen LogP contribution in [0.1, 0.15) is 37.2 Å². The van der Waals surface area contributed by atoms with E-state index < -0.39 is 0 Å². The monoisotopic (exact) mass is 385 g/mol.